The Kier molecular flexibility index (Phi) is 54.2. The summed E-state index contributed by atoms with van der Waals surface area (Å²) in [6, 6.07) is -2.53. The zero-order valence-electron chi connectivity index (χ0n) is 63.9. The third-order valence-electron chi connectivity index (χ3n) is 20.9. The van der Waals surface area contributed by atoms with Gasteiger partial charge in [0.25, 0.3) is 5.79 Å². The van der Waals surface area contributed by atoms with Crippen molar-refractivity contribution < 1.29 is 104 Å². The SMILES string of the molecule is CCCCCCCCCCCCCCCCC/C=C\C/C=C\CCCCCCCCCCCCCCCCCCCC(=O)NC(COC1OC(CO)C(OC2OC(CO)C(O)C(OC3(C(=O)O)CC(O)C(NC(C)=O)C(C(O)C(O)CO)O3)C2O)C(O)C1O)C(O)CCCCCCCCCCCC. The average Bonchev–Trinajstić information content (AvgIpc) is 0.755. The third-order valence-corrected chi connectivity index (χ3v) is 20.9. The van der Waals surface area contributed by atoms with Gasteiger partial charge in [0.2, 0.25) is 11.8 Å². The van der Waals surface area contributed by atoms with Crippen LogP contribution in [-0.4, -0.2) is 215 Å². The molecule has 0 aromatic rings. The highest BCUT2D eigenvalue weighted by molar-refractivity contribution is 5.77. The van der Waals surface area contributed by atoms with Crippen LogP contribution in [-0.2, 0) is 42.8 Å². The fourth-order valence-corrected chi connectivity index (χ4v) is 14.4. The minimum Gasteiger partial charge on any atom is -0.477 e. The van der Waals surface area contributed by atoms with Crippen LogP contribution in [0.1, 0.15) is 329 Å². The summed E-state index contributed by atoms with van der Waals surface area (Å²) >= 11 is 0. The monoisotopic (exact) mass is 1470 g/mol. The summed E-state index contributed by atoms with van der Waals surface area (Å²) in [4.78, 5) is 38.6. The highest BCUT2D eigenvalue weighted by Crippen LogP contribution is 2.39. The van der Waals surface area contributed by atoms with Crippen LogP contribution in [0.4, 0.5) is 0 Å². The first-order chi connectivity index (χ1) is 49.9. The van der Waals surface area contributed by atoms with Gasteiger partial charge in [-0.25, -0.2) is 4.79 Å². The van der Waals surface area contributed by atoms with Crippen molar-refractivity contribution in [3.05, 3.63) is 24.3 Å². The standard InChI is InChI=1S/C80H148N2O21/c1-4-6-8-10-12-14-16-17-18-19-20-21-22-23-24-25-26-27-28-29-30-31-32-33-34-35-36-37-38-39-40-41-42-43-44-46-48-50-52-54-67(90)82-61(62(87)53-51-49-47-45-15-13-11-9-7-5-2)59-98-77-72(94)71(93)74(66(58-85)100-77)101-78-73(95)76(70(92)65(57-84)99-78)103-80(79(96)97)55-63(88)68(81-60(3)86)75(102-80)69(91)64(89)56-83/h26-27,29-30,61-66,68-78,83-85,87-89,91-95H,4-25,28,31-59H2,1-3H3,(H,81,86)(H,82,90)(H,96,97)/b27-26-,30-29-. The maximum absolute atomic E-state index is 13.5. The summed E-state index contributed by atoms with van der Waals surface area (Å²) < 4.78 is 34.9. The van der Waals surface area contributed by atoms with Crippen LogP contribution >= 0.6 is 0 Å². The van der Waals surface area contributed by atoms with Crippen LogP contribution in [0.15, 0.2) is 24.3 Å². The molecule has 18 atom stereocenters. The van der Waals surface area contributed by atoms with Crippen molar-refractivity contribution in [2.75, 3.05) is 26.4 Å². The quantitative estimate of drug-likeness (QED) is 0.0199. The van der Waals surface area contributed by atoms with Crippen molar-refractivity contribution in [3.8, 4) is 0 Å². The van der Waals surface area contributed by atoms with E-state index in [1.165, 1.54) is 218 Å². The molecule has 2 amide bonds. The Balaban J connectivity index is 1.37. The minimum atomic E-state index is -3.08. The number of hydrogen-bond donors (Lipinski definition) is 14. The molecule has 18 unspecified atom stereocenters. The van der Waals surface area contributed by atoms with Crippen LogP contribution in [0.3, 0.4) is 0 Å². The first kappa shape index (κ1) is 94.4. The molecule has 3 aliphatic rings. The molecule has 23 nitrogen and oxygen atoms in total. The molecule has 14 N–H and O–H groups in total. The summed E-state index contributed by atoms with van der Waals surface area (Å²) in [6.07, 6.45) is 36.7. The van der Waals surface area contributed by atoms with Gasteiger partial charge in [0.05, 0.1) is 50.7 Å². The Morgan fingerprint density at radius 2 is 0.932 bits per heavy atom. The predicted octanol–water partition coefficient (Wildman–Crippen LogP) is 11.1. The van der Waals surface area contributed by atoms with Gasteiger partial charge in [0.15, 0.2) is 12.6 Å². The fourth-order valence-electron chi connectivity index (χ4n) is 14.4. The molecule has 3 aliphatic heterocycles. The van der Waals surface area contributed by atoms with Crippen molar-refractivity contribution in [3.63, 3.8) is 0 Å². The zero-order valence-corrected chi connectivity index (χ0v) is 63.9. The number of allylic oxidation sites excluding steroid dienone is 4. The van der Waals surface area contributed by atoms with Crippen molar-refractivity contribution in [1.29, 1.82) is 0 Å². The molecule has 0 aromatic heterocycles. The molecule has 0 radical (unpaired) electrons. The molecule has 3 rings (SSSR count). The largest absolute Gasteiger partial charge is 0.477 e. The van der Waals surface area contributed by atoms with Gasteiger partial charge >= 0.3 is 5.97 Å². The number of unbranched alkanes of at least 4 members (excludes halogenated alkanes) is 41. The number of carbonyl (C=O) groups excluding carboxylic acids is 2. The molecule has 0 bridgehead atoms. The molecule has 0 spiro atoms. The van der Waals surface area contributed by atoms with Gasteiger partial charge in [-0.1, -0.05) is 289 Å². The van der Waals surface area contributed by atoms with Crippen molar-refractivity contribution in [2.24, 2.45) is 0 Å². The molecule has 3 saturated heterocycles. The molecule has 0 saturated carbocycles. The van der Waals surface area contributed by atoms with Gasteiger partial charge < -0.3 is 100 Å². The molecule has 3 heterocycles. The lowest BCUT2D eigenvalue weighted by Crippen LogP contribution is -2.70. The van der Waals surface area contributed by atoms with Crippen molar-refractivity contribution >= 4 is 17.8 Å². The topological polar surface area (TPSA) is 373 Å². The van der Waals surface area contributed by atoms with E-state index in [4.69, 9.17) is 28.4 Å². The highest BCUT2D eigenvalue weighted by atomic mass is 16.8. The molecule has 0 aliphatic carbocycles. The normalized spacial score (nSPS) is 26.6. The van der Waals surface area contributed by atoms with Gasteiger partial charge in [-0.15, -0.1) is 0 Å². The summed E-state index contributed by atoms with van der Waals surface area (Å²) in [6.45, 7) is 2.20. The van der Waals surface area contributed by atoms with E-state index in [1.807, 2.05) is 0 Å². The summed E-state index contributed by atoms with van der Waals surface area (Å²) in [7, 11) is 0. The Hall–Kier alpha value is -2.79. The number of aliphatic carboxylic acids is 1. The molecule has 23 heteroatoms. The van der Waals surface area contributed by atoms with Gasteiger partial charge in [-0.3, -0.25) is 9.59 Å². The van der Waals surface area contributed by atoms with E-state index in [9.17, 15) is 75.7 Å². The van der Waals surface area contributed by atoms with E-state index in [-0.39, 0.29) is 18.9 Å². The predicted molar refractivity (Wildman–Crippen MR) is 398 cm³/mol. The fraction of sp³-hybridized carbons (Fsp3) is 0.912. The van der Waals surface area contributed by atoms with Crippen LogP contribution in [0.25, 0.3) is 0 Å². The van der Waals surface area contributed by atoms with Crippen molar-refractivity contribution in [1.82, 2.24) is 10.6 Å². The van der Waals surface area contributed by atoms with E-state index in [0.29, 0.717) is 19.3 Å². The second kappa shape index (κ2) is 59.1. The molecule has 103 heavy (non-hydrogen) atoms. The Morgan fingerprint density at radius 1 is 0.505 bits per heavy atom. The first-order valence-corrected chi connectivity index (χ1v) is 41.2. The van der Waals surface area contributed by atoms with Crippen LogP contribution in [0.5, 0.6) is 0 Å². The van der Waals surface area contributed by atoms with E-state index in [1.54, 1.807) is 0 Å². The van der Waals surface area contributed by atoms with Gasteiger partial charge in [-0.2, -0.15) is 0 Å². The lowest BCUT2D eigenvalue weighted by molar-refractivity contribution is -0.386. The molecular formula is C80H148N2O21. The Bertz CT molecular complexity index is 2150. The number of nitrogens with one attached hydrogen (secondary N) is 2. The number of ether oxygens (including phenoxy) is 6. The highest BCUT2D eigenvalue weighted by Gasteiger charge is 2.60. The second-order valence-corrected chi connectivity index (χ2v) is 30.0. The van der Waals surface area contributed by atoms with Crippen LogP contribution in [0, 0.1) is 0 Å². The Labute approximate surface area is 619 Å². The number of aliphatic hydroxyl groups excluding tert-OH is 11. The van der Waals surface area contributed by atoms with Crippen LogP contribution < -0.4 is 10.6 Å². The number of hydrogen-bond acceptors (Lipinski definition) is 20. The summed E-state index contributed by atoms with van der Waals surface area (Å²) in [5.41, 5.74) is 0. The minimum absolute atomic E-state index is 0.225. The average molecular weight is 1470 g/mol. The first-order valence-electron chi connectivity index (χ1n) is 41.2. The summed E-state index contributed by atoms with van der Waals surface area (Å²) in [5, 5.41) is 136. The number of aliphatic hydroxyl groups is 11. The number of carbonyl (C=O) groups is 3. The molecule has 604 valence electrons. The second-order valence-electron chi connectivity index (χ2n) is 30.0. The lowest BCUT2D eigenvalue weighted by Gasteiger charge is -2.50. The van der Waals surface area contributed by atoms with Gasteiger partial charge in [0.1, 0.15) is 67.1 Å². The number of carboxylic acid groups (broad SMARTS) is 1. The van der Waals surface area contributed by atoms with E-state index in [2.05, 4.69) is 48.8 Å². The van der Waals surface area contributed by atoms with Crippen LogP contribution in [0.2, 0.25) is 0 Å². The maximum atomic E-state index is 13.5. The zero-order chi connectivity index (χ0) is 75.3. The van der Waals surface area contributed by atoms with E-state index in [0.717, 1.165) is 64.7 Å². The van der Waals surface area contributed by atoms with Gasteiger partial charge in [-0.05, 0) is 44.9 Å². The van der Waals surface area contributed by atoms with E-state index < -0.39 is 148 Å². The number of rotatable bonds is 65. The molecular weight excluding hydrogens is 1320 g/mol. The van der Waals surface area contributed by atoms with E-state index >= 15 is 0 Å². The number of carboxylic acids is 1. The number of amides is 2. The third kappa shape index (κ3) is 39.4. The lowest BCUT2D eigenvalue weighted by atomic mass is 9.88. The Morgan fingerprint density at radius 3 is 1.36 bits per heavy atom. The van der Waals surface area contributed by atoms with Crippen molar-refractivity contribution in [2.45, 2.75) is 439 Å². The maximum Gasteiger partial charge on any atom is 0.364 e. The molecule has 0 aromatic carbocycles. The van der Waals surface area contributed by atoms with Gasteiger partial charge in [0, 0.05) is 19.8 Å². The smallest absolute Gasteiger partial charge is 0.364 e. The molecule has 3 fully saturated rings. The summed E-state index contributed by atoms with van der Waals surface area (Å²) in [5.74, 6) is -6.10.